The summed E-state index contributed by atoms with van der Waals surface area (Å²) in [5, 5.41) is 11.7. The summed E-state index contributed by atoms with van der Waals surface area (Å²) < 4.78 is 46.9. The number of nitrogens with zero attached hydrogens (tertiary/aromatic N) is 3. The van der Waals surface area contributed by atoms with Crippen LogP contribution in [0.4, 0.5) is 30.6 Å². The molecule has 2 atom stereocenters. The molecular formula is C27H36F3N7O3. The molecule has 1 aromatic heterocycles. The van der Waals surface area contributed by atoms with Crippen molar-refractivity contribution in [1.29, 1.82) is 0 Å². The third-order valence-corrected chi connectivity index (χ3v) is 7.33. The highest BCUT2D eigenvalue weighted by Gasteiger charge is 2.37. The molecule has 218 valence electrons. The van der Waals surface area contributed by atoms with E-state index >= 15 is 0 Å². The molecule has 1 saturated heterocycles. The number of methoxy groups -OCH3 is 1. The Bertz CT molecular complexity index is 1200. The van der Waals surface area contributed by atoms with Gasteiger partial charge in [0, 0.05) is 36.8 Å². The minimum Gasteiger partial charge on any atom is -0.495 e. The van der Waals surface area contributed by atoms with E-state index in [2.05, 4.69) is 36.1 Å². The predicted molar refractivity (Wildman–Crippen MR) is 145 cm³/mol. The first-order valence-corrected chi connectivity index (χ1v) is 13.5. The molecule has 2 fully saturated rings. The lowest BCUT2D eigenvalue weighted by atomic mass is 9.90. The maximum absolute atomic E-state index is 13.8. The summed E-state index contributed by atoms with van der Waals surface area (Å²) in [7, 11) is 3.48. The third-order valence-electron chi connectivity index (χ3n) is 7.33. The summed E-state index contributed by atoms with van der Waals surface area (Å²) in [6, 6.07) is 4.14. The lowest BCUT2D eigenvalue weighted by Crippen LogP contribution is -2.48. The number of aromatic nitrogens is 2. The summed E-state index contributed by atoms with van der Waals surface area (Å²) in [5.74, 6) is -0.607. The molecule has 4 N–H and O–H groups in total. The quantitative estimate of drug-likeness (QED) is 0.382. The van der Waals surface area contributed by atoms with Crippen molar-refractivity contribution in [2.45, 2.75) is 69.8 Å². The van der Waals surface area contributed by atoms with E-state index in [0.717, 1.165) is 45.0 Å². The molecular weight excluding hydrogens is 527 g/mol. The zero-order valence-electron chi connectivity index (χ0n) is 22.9. The van der Waals surface area contributed by atoms with E-state index in [9.17, 15) is 22.8 Å². The Morgan fingerprint density at radius 1 is 1.05 bits per heavy atom. The molecule has 0 bridgehead atoms. The number of alkyl halides is 3. The van der Waals surface area contributed by atoms with Gasteiger partial charge in [0.1, 0.15) is 17.1 Å². The number of ether oxygens (including phenoxy) is 1. The zero-order chi connectivity index (χ0) is 28.9. The Morgan fingerprint density at radius 2 is 1.75 bits per heavy atom. The molecule has 13 heteroatoms. The molecule has 0 radical (unpaired) electrons. The summed E-state index contributed by atoms with van der Waals surface area (Å²) in [4.78, 5) is 34.7. The molecule has 1 aliphatic heterocycles. The predicted octanol–water partition coefficient (Wildman–Crippen LogP) is 3.93. The Kier molecular flexibility index (Phi) is 9.33. The van der Waals surface area contributed by atoms with Crippen LogP contribution in [0, 0.1) is 0 Å². The number of carbonyl (C=O) groups is 2. The standard InChI is InChI=1S/C27H36F3N7O3/c1-16(38)32-20-6-4-5-7-21(20)34-24-19(27(28,29)30)15-31-26(36-24)35-22-9-8-17(14-23(22)40-3)25(39)33-18-10-12-37(2)13-11-18/h8-9,14-15,18,20-21H,4-7,10-13H2,1-3H3,(H,32,38)(H,33,39)(H2,31,34,35,36). The van der Waals surface area contributed by atoms with Crippen molar-refractivity contribution in [2.24, 2.45) is 0 Å². The molecule has 1 aromatic carbocycles. The van der Waals surface area contributed by atoms with Crippen LogP contribution in [0.15, 0.2) is 24.4 Å². The Balaban J connectivity index is 1.53. The molecule has 40 heavy (non-hydrogen) atoms. The molecule has 2 unspecified atom stereocenters. The van der Waals surface area contributed by atoms with Crippen LogP contribution in [-0.4, -0.2) is 72.1 Å². The fraction of sp³-hybridized carbons (Fsp3) is 0.556. The van der Waals surface area contributed by atoms with Gasteiger partial charge in [-0.1, -0.05) is 12.8 Å². The van der Waals surface area contributed by atoms with Crippen molar-refractivity contribution in [3.63, 3.8) is 0 Å². The van der Waals surface area contributed by atoms with E-state index in [4.69, 9.17) is 4.74 Å². The van der Waals surface area contributed by atoms with Crippen LogP contribution in [0.25, 0.3) is 0 Å². The van der Waals surface area contributed by atoms with Gasteiger partial charge in [0.2, 0.25) is 11.9 Å². The lowest BCUT2D eigenvalue weighted by Gasteiger charge is -2.33. The monoisotopic (exact) mass is 563 g/mol. The van der Waals surface area contributed by atoms with Crippen LogP contribution in [0.1, 0.15) is 61.4 Å². The van der Waals surface area contributed by atoms with E-state index in [-0.39, 0.29) is 35.7 Å². The van der Waals surface area contributed by atoms with Gasteiger partial charge in [0.15, 0.2) is 0 Å². The number of amides is 2. The number of hydrogen-bond acceptors (Lipinski definition) is 8. The van der Waals surface area contributed by atoms with E-state index in [1.807, 2.05) is 7.05 Å². The molecule has 2 amide bonds. The molecule has 2 aliphatic rings. The van der Waals surface area contributed by atoms with E-state index in [1.165, 1.54) is 14.0 Å². The lowest BCUT2D eigenvalue weighted by molar-refractivity contribution is -0.137. The molecule has 0 spiro atoms. The van der Waals surface area contributed by atoms with Crippen LogP contribution in [0.5, 0.6) is 5.75 Å². The molecule has 10 nitrogen and oxygen atoms in total. The third kappa shape index (κ3) is 7.52. The average Bonchev–Trinajstić information content (AvgIpc) is 2.90. The van der Waals surface area contributed by atoms with Crippen molar-refractivity contribution in [3.05, 3.63) is 35.5 Å². The largest absolute Gasteiger partial charge is 0.495 e. The normalized spacial score (nSPS) is 20.4. The highest BCUT2D eigenvalue weighted by atomic mass is 19.4. The number of rotatable bonds is 8. The maximum Gasteiger partial charge on any atom is 0.421 e. The van der Waals surface area contributed by atoms with E-state index in [0.29, 0.717) is 29.8 Å². The average molecular weight is 564 g/mol. The number of hydrogen-bond donors (Lipinski definition) is 4. The molecule has 1 saturated carbocycles. The first kappa shape index (κ1) is 29.4. The van der Waals surface area contributed by atoms with Crippen molar-refractivity contribution in [2.75, 3.05) is 37.9 Å². The van der Waals surface area contributed by atoms with Crippen LogP contribution in [-0.2, 0) is 11.0 Å². The number of carbonyl (C=O) groups excluding carboxylic acids is 2. The first-order valence-electron chi connectivity index (χ1n) is 13.5. The number of anilines is 3. The molecule has 4 rings (SSSR count). The van der Waals surface area contributed by atoms with Gasteiger partial charge in [-0.15, -0.1) is 0 Å². The second-order valence-corrected chi connectivity index (χ2v) is 10.4. The highest BCUT2D eigenvalue weighted by molar-refractivity contribution is 5.95. The highest BCUT2D eigenvalue weighted by Crippen LogP contribution is 2.36. The number of likely N-dealkylation sites (tertiary alicyclic amines) is 1. The summed E-state index contributed by atoms with van der Waals surface area (Å²) in [6.45, 7) is 3.21. The van der Waals surface area contributed by atoms with Gasteiger partial charge in [-0.25, -0.2) is 4.98 Å². The van der Waals surface area contributed by atoms with E-state index < -0.39 is 17.8 Å². The Morgan fingerprint density at radius 3 is 2.40 bits per heavy atom. The van der Waals surface area contributed by atoms with Gasteiger partial charge >= 0.3 is 6.18 Å². The smallest absolute Gasteiger partial charge is 0.421 e. The number of benzene rings is 1. The van der Waals surface area contributed by atoms with Crippen molar-refractivity contribution < 1.29 is 27.5 Å². The Labute approximate surface area is 231 Å². The van der Waals surface area contributed by atoms with Gasteiger partial charge in [0.05, 0.1) is 12.8 Å². The Hall–Kier alpha value is -3.61. The minimum absolute atomic E-state index is 0.0794. The van der Waals surface area contributed by atoms with Gasteiger partial charge < -0.3 is 30.9 Å². The van der Waals surface area contributed by atoms with Crippen molar-refractivity contribution >= 4 is 29.3 Å². The second kappa shape index (κ2) is 12.7. The van der Waals surface area contributed by atoms with Crippen LogP contribution >= 0.6 is 0 Å². The SMILES string of the molecule is COc1cc(C(=O)NC2CCN(C)CC2)ccc1Nc1ncc(C(F)(F)F)c(NC2CCCCC2NC(C)=O)n1. The summed E-state index contributed by atoms with van der Waals surface area (Å²) in [6.07, 6.45) is 0.717. The topological polar surface area (TPSA) is 121 Å². The van der Waals surface area contributed by atoms with Crippen molar-refractivity contribution in [3.8, 4) is 5.75 Å². The van der Waals surface area contributed by atoms with Gasteiger partial charge in [0.25, 0.3) is 5.91 Å². The molecule has 2 heterocycles. The summed E-state index contributed by atoms with van der Waals surface area (Å²) in [5.41, 5.74) is -0.214. The van der Waals surface area contributed by atoms with Gasteiger partial charge in [-0.3, -0.25) is 9.59 Å². The minimum atomic E-state index is -4.68. The van der Waals surface area contributed by atoms with Crippen LogP contribution in [0.2, 0.25) is 0 Å². The number of nitrogens with one attached hydrogen (secondary N) is 4. The first-order chi connectivity index (χ1) is 19.0. The van der Waals surface area contributed by atoms with E-state index in [1.54, 1.807) is 18.2 Å². The van der Waals surface area contributed by atoms with Crippen LogP contribution in [0.3, 0.4) is 0 Å². The van der Waals surface area contributed by atoms with Crippen LogP contribution < -0.4 is 26.0 Å². The fourth-order valence-corrected chi connectivity index (χ4v) is 5.15. The van der Waals surface area contributed by atoms with Gasteiger partial charge in [-0.05, 0) is 64.0 Å². The maximum atomic E-state index is 13.8. The molecule has 1 aliphatic carbocycles. The second-order valence-electron chi connectivity index (χ2n) is 10.4. The van der Waals surface area contributed by atoms with Crippen molar-refractivity contribution in [1.82, 2.24) is 25.5 Å². The number of piperidine rings is 1. The van der Waals surface area contributed by atoms with Gasteiger partial charge in [-0.2, -0.15) is 18.2 Å². The number of halogens is 3. The zero-order valence-corrected chi connectivity index (χ0v) is 22.9. The fourth-order valence-electron chi connectivity index (χ4n) is 5.15. The molecule has 2 aromatic rings. The summed E-state index contributed by atoms with van der Waals surface area (Å²) >= 11 is 0.